The molecule has 6 nitrogen and oxygen atoms in total. The van der Waals surface area contributed by atoms with E-state index in [4.69, 9.17) is 4.74 Å². The lowest BCUT2D eigenvalue weighted by atomic mass is 9.94. The van der Waals surface area contributed by atoms with E-state index in [1.165, 1.54) is 17.0 Å². The van der Waals surface area contributed by atoms with Crippen LogP contribution < -0.4 is 9.64 Å². The van der Waals surface area contributed by atoms with Crippen molar-refractivity contribution < 1.29 is 24.5 Å². The first-order chi connectivity index (χ1) is 16.3. The van der Waals surface area contributed by atoms with E-state index in [9.17, 15) is 19.8 Å². The Bertz CT molecular complexity index is 1280. The number of rotatable bonds is 6. The Morgan fingerprint density at radius 2 is 1.68 bits per heavy atom. The molecule has 3 aromatic carbocycles. The zero-order chi connectivity index (χ0) is 24.4. The quantitative estimate of drug-likeness (QED) is 0.293. The predicted molar refractivity (Wildman–Crippen MR) is 131 cm³/mol. The number of phenolic OH excluding ortho intramolecular Hbond substituents is 1. The highest BCUT2D eigenvalue weighted by atomic mass is 16.5. The van der Waals surface area contributed by atoms with Crippen LogP contribution in [0.4, 0.5) is 5.69 Å². The molecule has 1 aliphatic heterocycles. The van der Waals surface area contributed by atoms with Crippen LogP contribution in [-0.2, 0) is 9.59 Å². The number of amides is 1. The minimum Gasteiger partial charge on any atom is -0.508 e. The SMILES string of the molecule is CCCOc1ccc(/C(O)=C2/C(=O)C(=O)N(c3ccccc3C)C2c2ccc(O)cc2)cc1C. The van der Waals surface area contributed by atoms with E-state index < -0.39 is 17.7 Å². The normalized spacial score (nSPS) is 17.3. The van der Waals surface area contributed by atoms with Crippen LogP contribution in [0, 0.1) is 13.8 Å². The number of aliphatic hydroxyl groups is 1. The van der Waals surface area contributed by atoms with Crippen molar-refractivity contribution in [1.29, 1.82) is 0 Å². The molecule has 1 saturated heterocycles. The summed E-state index contributed by atoms with van der Waals surface area (Å²) in [5.41, 5.74) is 3.24. The van der Waals surface area contributed by atoms with Crippen molar-refractivity contribution in [3.05, 3.63) is 94.6 Å². The lowest BCUT2D eigenvalue weighted by molar-refractivity contribution is -0.132. The Balaban J connectivity index is 1.89. The average molecular weight is 458 g/mol. The second-order valence-corrected chi connectivity index (χ2v) is 8.38. The second-order valence-electron chi connectivity index (χ2n) is 8.38. The van der Waals surface area contributed by atoms with Crippen molar-refractivity contribution in [2.75, 3.05) is 11.5 Å². The topological polar surface area (TPSA) is 87.1 Å². The molecule has 0 aliphatic carbocycles. The Hall–Kier alpha value is -4.06. The first-order valence-electron chi connectivity index (χ1n) is 11.2. The van der Waals surface area contributed by atoms with Gasteiger partial charge in [-0.15, -0.1) is 0 Å². The molecule has 0 bridgehead atoms. The molecule has 0 saturated carbocycles. The molecule has 1 amide bonds. The van der Waals surface area contributed by atoms with Crippen molar-refractivity contribution >= 4 is 23.1 Å². The monoisotopic (exact) mass is 457 g/mol. The number of ether oxygens (including phenoxy) is 1. The third-order valence-corrected chi connectivity index (χ3v) is 5.94. The van der Waals surface area contributed by atoms with Gasteiger partial charge >= 0.3 is 0 Å². The lowest BCUT2D eigenvalue weighted by Gasteiger charge is -2.26. The maximum absolute atomic E-state index is 13.3. The van der Waals surface area contributed by atoms with E-state index in [1.807, 2.05) is 32.9 Å². The van der Waals surface area contributed by atoms with Crippen LogP contribution in [0.25, 0.3) is 5.76 Å². The fourth-order valence-electron chi connectivity index (χ4n) is 4.21. The van der Waals surface area contributed by atoms with E-state index in [0.29, 0.717) is 29.2 Å². The van der Waals surface area contributed by atoms with E-state index in [2.05, 4.69) is 0 Å². The van der Waals surface area contributed by atoms with Crippen molar-refractivity contribution in [2.45, 2.75) is 33.2 Å². The second kappa shape index (κ2) is 9.43. The van der Waals surface area contributed by atoms with Gasteiger partial charge in [0.2, 0.25) is 0 Å². The minimum absolute atomic E-state index is 0.000527. The maximum atomic E-state index is 13.3. The summed E-state index contributed by atoms with van der Waals surface area (Å²) in [5.74, 6) is -0.960. The molecule has 174 valence electrons. The number of ketones is 1. The fourth-order valence-corrected chi connectivity index (χ4v) is 4.21. The van der Waals surface area contributed by atoms with Gasteiger partial charge in [-0.3, -0.25) is 14.5 Å². The zero-order valence-corrected chi connectivity index (χ0v) is 19.4. The number of anilines is 1. The highest BCUT2D eigenvalue weighted by Gasteiger charge is 2.47. The first kappa shape index (κ1) is 23.1. The number of hydrogen-bond donors (Lipinski definition) is 2. The van der Waals surface area contributed by atoms with Crippen molar-refractivity contribution in [2.24, 2.45) is 0 Å². The number of benzene rings is 3. The first-order valence-corrected chi connectivity index (χ1v) is 11.2. The van der Waals surface area contributed by atoms with Crippen LogP contribution >= 0.6 is 0 Å². The maximum Gasteiger partial charge on any atom is 0.300 e. The van der Waals surface area contributed by atoms with Crippen molar-refractivity contribution in [1.82, 2.24) is 0 Å². The summed E-state index contributed by atoms with van der Waals surface area (Å²) in [6.07, 6.45) is 0.871. The Labute approximate surface area is 198 Å². The highest BCUT2D eigenvalue weighted by Crippen LogP contribution is 2.43. The number of hydrogen-bond acceptors (Lipinski definition) is 5. The van der Waals surface area contributed by atoms with Gasteiger partial charge in [0.1, 0.15) is 17.3 Å². The summed E-state index contributed by atoms with van der Waals surface area (Å²) < 4.78 is 5.72. The number of carbonyl (C=O) groups is 2. The lowest BCUT2D eigenvalue weighted by Crippen LogP contribution is -2.30. The van der Waals surface area contributed by atoms with E-state index in [0.717, 1.165) is 17.5 Å². The summed E-state index contributed by atoms with van der Waals surface area (Å²) in [5, 5.41) is 21.1. The van der Waals surface area contributed by atoms with Crippen molar-refractivity contribution in [3.8, 4) is 11.5 Å². The van der Waals surface area contributed by atoms with Crippen LogP contribution in [0.15, 0.2) is 72.3 Å². The molecule has 34 heavy (non-hydrogen) atoms. The number of aliphatic hydroxyl groups excluding tert-OH is 1. The Morgan fingerprint density at radius 3 is 2.32 bits per heavy atom. The molecule has 0 aromatic heterocycles. The number of Topliss-reactive ketones (excluding diaryl/α,β-unsaturated/α-hetero) is 1. The number of para-hydroxylation sites is 1. The molecule has 1 heterocycles. The summed E-state index contributed by atoms with van der Waals surface area (Å²) in [6, 6.07) is 17.9. The number of nitrogens with zero attached hydrogens (tertiary/aromatic N) is 1. The van der Waals surface area contributed by atoms with Crippen LogP contribution in [-0.4, -0.2) is 28.5 Å². The molecule has 3 aromatic rings. The van der Waals surface area contributed by atoms with E-state index in [1.54, 1.807) is 42.5 Å². The molecule has 0 spiro atoms. The largest absolute Gasteiger partial charge is 0.508 e. The Kier molecular flexibility index (Phi) is 6.41. The molecule has 1 fully saturated rings. The third-order valence-electron chi connectivity index (χ3n) is 5.94. The van der Waals surface area contributed by atoms with Gasteiger partial charge in [0.05, 0.1) is 18.2 Å². The van der Waals surface area contributed by atoms with Gasteiger partial charge in [-0.25, -0.2) is 0 Å². The molecule has 4 rings (SSSR count). The summed E-state index contributed by atoms with van der Waals surface area (Å²) in [6.45, 7) is 6.33. The molecule has 0 radical (unpaired) electrons. The average Bonchev–Trinajstić information content (AvgIpc) is 3.09. The van der Waals surface area contributed by atoms with Gasteiger partial charge in [0.25, 0.3) is 11.7 Å². The van der Waals surface area contributed by atoms with Gasteiger partial charge in [-0.05, 0) is 73.4 Å². The number of aromatic hydroxyl groups is 1. The third kappa shape index (κ3) is 4.15. The fraction of sp³-hybridized carbons (Fsp3) is 0.214. The molecule has 1 atom stereocenters. The van der Waals surface area contributed by atoms with Gasteiger partial charge < -0.3 is 14.9 Å². The molecule has 2 N–H and O–H groups in total. The van der Waals surface area contributed by atoms with Gasteiger partial charge in [-0.1, -0.05) is 37.3 Å². The molecule has 6 heteroatoms. The Morgan fingerprint density at radius 1 is 0.971 bits per heavy atom. The molecule has 1 unspecified atom stereocenters. The minimum atomic E-state index is -0.849. The highest BCUT2D eigenvalue weighted by molar-refractivity contribution is 6.51. The molecular formula is C28H27NO5. The smallest absolute Gasteiger partial charge is 0.300 e. The van der Waals surface area contributed by atoms with E-state index in [-0.39, 0.29) is 17.1 Å². The molecule has 1 aliphatic rings. The van der Waals surface area contributed by atoms with Crippen LogP contribution in [0.1, 0.15) is 41.6 Å². The van der Waals surface area contributed by atoms with Crippen LogP contribution in [0.2, 0.25) is 0 Å². The van der Waals surface area contributed by atoms with Crippen LogP contribution in [0.3, 0.4) is 0 Å². The van der Waals surface area contributed by atoms with E-state index >= 15 is 0 Å². The number of carbonyl (C=O) groups excluding carboxylic acids is 2. The number of phenols is 1. The zero-order valence-electron chi connectivity index (χ0n) is 19.4. The number of aryl methyl sites for hydroxylation is 2. The summed E-state index contributed by atoms with van der Waals surface area (Å²) >= 11 is 0. The van der Waals surface area contributed by atoms with Crippen LogP contribution in [0.5, 0.6) is 11.5 Å². The van der Waals surface area contributed by atoms with Gasteiger partial charge in [-0.2, -0.15) is 0 Å². The van der Waals surface area contributed by atoms with Gasteiger partial charge in [0.15, 0.2) is 0 Å². The van der Waals surface area contributed by atoms with Crippen molar-refractivity contribution in [3.63, 3.8) is 0 Å². The predicted octanol–water partition coefficient (Wildman–Crippen LogP) is 5.42. The standard InChI is InChI=1S/C28H27NO5/c1-4-15-34-23-14-11-20(16-18(23)3)26(31)24-25(19-9-12-21(30)13-10-19)29(28(33)27(24)32)22-8-6-5-7-17(22)2/h5-14,16,25,30-31H,4,15H2,1-3H3/b26-24-. The summed E-state index contributed by atoms with van der Waals surface area (Å²) in [7, 11) is 0. The molecular weight excluding hydrogens is 430 g/mol. The van der Waals surface area contributed by atoms with Gasteiger partial charge in [0, 0.05) is 11.3 Å². The summed E-state index contributed by atoms with van der Waals surface area (Å²) in [4.78, 5) is 27.9.